The Morgan fingerprint density at radius 3 is 1.92 bits per heavy atom. The molecule has 1 unspecified atom stereocenters. The summed E-state index contributed by atoms with van der Waals surface area (Å²) in [5, 5.41) is 1.93. The Hall–Kier alpha value is -0.160. The molecule has 0 bridgehead atoms. The molecule has 0 aromatic heterocycles. The van der Waals surface area contributed by atoms with E-state index < -0.39 is 0 Å². The molecule has 1 heterocycles. The molecule has 0 radical (unpaired) electrons. The number of hydrogen-bond donors (Lipinski definition) is 2. The summed E-state index contributed by atoms with van der Waals surface area (Å²) in [6.45, 7) is 6.22. The Bertz CT molecular complexity index is 92.3. The number of nitrogens with one attached hydrogen (secondary N) is 2. The Kier molecular flexibility index (Phi) is 7.39. The monoisotopic (exact) mass is 175 g/mol. The highest BCUT2D eigenvalue weighted by molar-refractivity contribution is 4.58. The van der Waals surface area contributed by atoms with Crippen molar-refractivity contribution in [3.8, 4) is 0 Å². The molecule has 0 saturated carbocycles. The third kappa shape index (κ3) is 7.94. The second kappa shape index (κ2) is 7.49. The first-order chi connectivity index (χ1) is 5.74. The summed E-state index contributed by atoms with van der Waals surface area (Å²) in [6, 6.07) is 0. The second-order valence-electron chi connectivity index (χ2n) is 2.74. The average molecular weight is 175 g/mol. The minimum atomic E-state index is 0.583. The van der Waals surface area contributed by atoms with Gasteiger partial charge in [-0.2, -0.15) is 5.12 Å². The summed E-state index contributed by atoms with van der Waals surface area (Å²) in [4.78, 5) is 0. The Morgan fingerprint density at radius 2 is 1.83 bits per heavy atom. The van der Waals surface area contributed by atoms with Crippen molar-refractivity contribution in [1.29, 1.82) is 0 Å². The molecule has 1 rings (SSSR count). The summed E-state index contributed by atoms with van der Waals surface area (Å²) in [7, 11) is 3.79. The van der Waals surface area contributed by atoms with Crippen LogP contribution in [0.5, 0.6) is 0 Å². The molecule has 2 N–H and O–H groups in total. The van der Waals surface area contributed by atoms with Crippen molar-refractivity contribution in [2.45, 2.75) is 26.4 Å². The van der Waals surface area contributed by atoms with Crippen molar-refractivity contribution in [1.82, 2.24) is 16.0 Å². The number of rotatable bonds is 4. The van der Waals surface area contributed by atoms with Gasteiger partial charge in [0, 0.05) is 20.6 Å². The molecule has 1 fully saturated rings. The minimum Gasteiger partial charge on any atom is -0.373 e. The maximum absolute atomic E-state index is 4.71. The molecule has 0 spiro atoms. The Morgan fingerprint density at radius 1 is 1.42 bits per heavy atom. The van der Waals surface area contributed by atoms with Gasteiger partial charge in [0.05, 0.1) is 12.7 Å². The molecular weight excluding hydrogens is 154 g/mol. The van der Waals surface area contributed by atoms with E-state index in [4.69, 9.17) is 4.74 Å². The lowest BCUT2D eigenvalue weighted by Crippen LogP contribution is -2.44. The topological polar surface area (TPSA) is 39.8 Å². The van der Waals surface area contributed by atoms with E-state index in [1.54, 1.807) is 0 Å². The van der Waals surface area contributed by atoms with Crippen molar-refractivity contribution < 1.29 is 4.74 Å². The van der Waals surface area contributed by atoms with Gasteiger partial charge in [-0.3, -0.25) is 0 Å². The quantitative estimate of drug-likeness (QED) is 0.478. The molecule has 0 aliphatic carbocycles. The van der Waals surface area contributed by atoms with Crippen molar-refractivity contribution in [2.24, 2.45) is 0 Å². The third-order valence-corrected chi connectivity index (χ3v) is 1.49. The van der Waals surface area contributed by atoms with Crippen LogP contribution >= 0.6 is 0 Å². The fourth-order valence-corrected chi connectivity index (χ4v) is 0.655. The zero-order valence-electron chi connectivity index (χ0n) is 8.55. The van der Waals surface area contributed by atoms with E-state index in [2.05, 4.69) is 24.7 Å². The van der Waals surface area contributed by atoms with E-state index in [1.807, 2.05) is 19.2 Å². The smallest absolute Gasteiger partial charge is 0.0781 e. The summed E-state index contributed by atoms with van der Waals surface area (Å²) < 4.78 is 4.71. The van der Waals surface area contributed by atoms with Crippen LogP contribution in [0.4, 0.5) is 0 Å². The number of nitrogens with zero attached hydrogens (tertiary/aromatic N) is 1. The highest BCUT2D eigenvalue weighted by Gasteiger charge is 2.13. The molecule has 0 aromatic rings. The molecule has 74 valence electrons. The predicted molar refractivity (Wildman–Crippen MR) is 50.5 cm³/mol. The van der Waals surface area contributed by atoms with Gasteiger partial charge in [0.2, 0.25) is 0 Å². The standard InChI is InChI=1S/C5H15N3.C3H6O/c1-4-5-8(6-2)7-3;1-3-2-4-3/h6-7H,4-5H2,1-3H3;3H,2H2,1H3. The SMILES string of the molecule is CC1CO1.CCCN(NC)NC. The van der Waals surface area contributed by atoms with Crippen LogP contribution in [0.3, 0.4) is 0 Å². The van der Waals surface area contributed by atoms with Gasteiger partial charge in [0.15, 0.2) is 0 Å². The lowest BCUT2D eigenvalue weighted by atomic mass is 10.5. The molecule has 4 nitrogen and oxygen atoms in total. The molecule has 12 heavy (non-hydrogen) atoms. The average Bonchev–Trinajstić information content (AvgIpc) is 2.84. The summed E-state index contributed by atoms with van der Waals surface area (Å²) in [5.41, 5.74) is 5.95. The van der Waals surface area contributed by atoms with Gasteiger partial charge >= 0.3 is 0 Å². The number of epoxide rings is 1. The first-order valence-electron chi connectivity index (χ1n) is 4.48. The summed E-state index contributed by atoms with van der Waals surface area (Å²) >= 11 is 0. The second-order valence-corrected chi connectivity index (χ2v) is 2.74. The van der Waals surface area contributed by atoms with Gasteiger partial charge in [0.1, 0.15) is 0 Å². The van der Waals surface area contributed by atoms with Crippen molar-refractivity contribution >= 4 is 0 Å². The fourth-order valence-electron chi connectivity index (χ4n) is 0.655. The zero-order chi connectivity index (χ0) is 9.40. The Balaban J connectivity index is 0.000000247. The van der Waals surface area contributed by atoms with E-state index in [-0.39, 0.29) is 0 Å². The van der Waals surface area contributed by atoms with Crippen LogP contribution in [-0.4, -0.2) is 38.5 Å². The normalized spacial score (nSPS) is 20.2. The Labute approximate surface area is 75.2 Å². The van der Waals surface area contributed by atoms with Crippen molar-refractivity contribution in [3.63, 3.8) is 0 Å². The highest BCUT2D eigenvalue weighted by Crippen LogP contribution is 2.04. The maximum atomic E-state index is 4.71. The molecular formula is C8H21N3O. The molecule has 1 aliphatic heterocycles. The van der Waals surface area contributed by atoms with Crippen LogP contribution in [0.1, 0.15) is 20.3 Å². The largest absolute Gasteiger partial charge is 0.373 e. The first-order valence-corrected chi connectivity index (χ1v) is 4.48. The highest BCUT2D eigenvalue weighted by atomic mass is 16.6. The van der Waals surface area contributed by atoms with Gasteiger partial charge in [-0.15, -0.1) is 0 Å². The number of ether oxygens (including phenoxy) is 1. The van der Waals surface area contributed by atoms with E-state index in [1.165, 1.54) is 0 Å². The molecule has 1 atom stereocenters. The number of hydrogen-bond acceptors (Lipinski definition) is 4. The van der Waals surface area contributed by atoms with Crippen LogP contribution < -0.4 is 10.9 Å². The molecule has 1 aliphatic rings. The molecule has 4 heteroatoms. The van der Waals surface area contributed by atoms with Gasteiger partial charge in [-0.05, 0) is 13.3 Å². The van der Waals surface area contributed by atoms with Crippen LogP contribution in [0, 0.1) is 0 Å². The summed E-state index contributed by atoms with van der Waals surface area (Å²) in [6.07, 6.45) is 1.74. The van der Waals surface area contributed by atoms with Gasteiger partial charge in [0.25, 0.3) is 0 Å². The van der Waals surface area contributed by atoms with Crippen LogP contribution in [0.25, 0.3) is 0 Å². The van der Waals surface area contributed by atoms with E-state index in [9.17, 15) is 0 Å². The maximum Gasteiger partial charge on any atom is 0.0781 e. The molecule has 1 saturated heterocycles. The number of hydrazine groups is 2. The van der Waals surface area contributed by atoms with E-state index in [0.717, 1.165) is 19.6 Å². The lowest BCUT2D eigenvalue weighted by Gasteiger charge is -2.17. The predicted octanol–water partition coefficient (Wildman–Crippen LogP) is 0.372. The first kappa shape index (κ1) is 11.8. The van der Waals surface area contributed by atoms with Gasteiger partial charge < -0.3 is 4.74 Å². The minimum absolute atomic E-state index is 0.583. The van der Waals surface area contributed by atoms with Gasteiger partial charge in [-0.25, -0.2) is 10.9 Å². The van der Waals surface area contributed by atoms with Crippen LogP contribution in [0.15, 0.2) is 0 Å². The van der Waals surface area contributed by atoms with Gasteiger partial charge in [-0.1, -0.05) is 6.92 Å². The zero-order valence-corrected chi connectivity index (χ0v) is 8.55. The van der Waals surface area contributed by atoms with Crippen LogP contribution in [-0.2, 0) is 4.74 Å². The molecule has 0 amide bonds. The van der Waals surface area contributed by atoms with Crippen molar-refractivity contribution in [2.75, 3.05) is 27.2 Å². The lowest BCUT2D eigenvalue weighted by molar-refractivity contribution is 0.146. The van der Waals surface area contributed by atoms with Crippen LogP contribution in [0.2, 0.25) is 0 Å². The fraction of sp³-hybridized carbons (Fsp3) is 1.00. The van der Waals surface area contributed by atoms with E-state index in [0.29, 0.717) is 6.10 Å². The van der Waals surface area contributed by atoms with Crippen molar-refractivity contribution in [3.05, 3.63) is 0 Å². The summed E-state index contributed by atoms with van der Waals surface area (Å²) in [5.74, 6) is 0. The third-order valence-electron chi connectivity index (χ3n) is 1.49. The van der Waals surface area contributed by atoms with E-state index >= 15 is 0 Å². The molecule has 0 aromatic carbocycles.